The molecule has 3 heteroatoms. The Kier molecular flexibility index (Phi) is 2.95. The Labute approximate surface area is 111 Å². The fraction of sp³-hybridized carbons (Fsp3) is 0.125. The molecule has 0 aliphatic rings. The lowest BCUT2D eigenvalue weighted by molar-refractivity contribution is 0.600. The Morgan fingerprint density at radius 3 is 2.79 bits per heavy atom. The van der Waals surface area contributed by atoms with Gasteiger partial charge in [-0.05, 0) is 37.3 Å². The van der Waals surface area contributed by atoms with E-state index in [4.69, 9.17) is 0 Å². The van der Waals surface area contributed by atoms with Crippen LogP contribution in [0.3, 0.4) is 0 Å². The van der Waals surface area contributed by atoms with E-state index in [9.17, 15) is 4.39 Å². The highest BCUT2D eigenvalue weighted by Crippen LogP contribution is 2.24. The van der Waals surface area contributed by atoms with Crippen LogP contribution in [0.25, 0.3) is 10.9 Å². The highest BCUT2D eigenvalue weighted by atomic mass is 19.1. The molecule has 0 saturated carbocycles. The monoisotopic (exact) mass is 254 g/mol. The lowest BCUT2D eigenvalue weighted by Gasteiger charge is -2.16. The van der Waals surface area contributed by atoms with E-state index in [1.165, 1.54) is 6.07 Å². The first-order valence-corrected chi connectivity index (χ1v) is 6.32. The fourth-order valence-corrected chi connectivity index (χ4v) is 2.30. The van der Waals surface area contributed by atoms with Crippen molar-refractivity contribution in [2.75, 3.05) is 5.32 Å². The Morgan fingerprint density at radius 1 is 1.11 bits per heavy atom. The number of halogens is 1. The van der Waals surface area contributed by atoms with Crippen molar-refractivity contribution >= 4 is 16.6 Å². The van der Waals surface area contributed by atoms with Crippen LogP contribution in [0.2, 0.25) is 0 Å². The van der Waals surface area contributed by atoms with Crippen molar-refractivity contribution in [1.82, 2.24) is 4.98 Å². The zero-order chi connectivity index (χ0) is 13.2. The van der Waals surface area contributed by atoms with Crippen LogP contribution >= 0.6 is 0 Å². The van der Waals surface area contributed by atoms with Crippen LogP contribution in [0.4, 0.5) is 10.1 Å². The van der Waals surface area contributed by atoms with Gasteiger partial charge in [-0.25, -0.2) is 4.39 Å². The van der Waals surface area contributed by atoms with Crippen LogP contribution in [-0.2, 0) is 0 Å². The summed E-state index contributed by atoms with van der Waals surface area (Å²) in [6.45, 7) is 1.96. The maximum absolute atomic E-state index is 13.7. The van der Waals surface area contributed by atoms with Crippen LogP contribution in [0.15, 0.2) is 54.7 Å². The van der Waals surface area contributed by atoms with E-state index in [0.717, 1.165) is 16.6 Å². The summed E-state index contributed by atoms with van der Waals surface area (Å²) >= 11 is 0. The normalized spacial score (nSPS) is 12.5. The summed E-state index contributed by atoms with van der Waals surface area (Å²) < 4.78 is 13.7. The molecule has 3 aromatic rings. The Hall–Kier alpha value is -2.29. The van der Waals surface area contributed by atoms with Gasteiger partial charge in [0.2, 0.25) is 0 Å². The molecule has 96 valence electrons. The molecule has 3 rings (SSSR count). The van der Waals surface area contributed by atoms with E-state index in [1.54, 1.807) is 6.07 Å². The van der Waals surface area contributed by atoms with Crippen molar-refractivity contribution in [3.8, 4) is 0 Å². The summed E-state index contributed by atoms with van der Waals surface area (Å²) in [6.07, 6.45) is 1.91. The predicted molar refractivity (Wildman–Crippen MR) is 76.7 cm³/mol. The number of hydrogen-bond donors (Lipinski definition) is 2. The van der Waals surface area contributed by atoms with E-state index in [0.29, 0.717) is 5.56 Å². The summed E-state index contributed by atoms with van der Waals surface area (Å²) in [4.78, 5) is 3.15. The maximum Gasteiger partial charge on any atom is 0.128 e. The largest absolute Gasteiger partial charge is 0.378 e. The summed E-state index contributed by atoms with van der Waals surface area (Å²) in [7, 11) is 0. The minimum atomic E-state index is -0.176. The molecule has 0 bridgehead atoms. The molecule has 0 amide bonds. The van der Waals surface area contributed by atoms with E-state index in [-0.39, 0.29) is 11.9 Å². The van der Waals surface area contributed by atoms with Crippen LogP contribution in [0.1, 0.15) is 18.5 Å². The Bertz CT molecular complexity index is 703. The fourth-order valence-electron chi connectivity index (χ4n) is 2.30. The zero-order valence-corrected chi connectivity index (χ0v) is 10.7. The molecular formula is C16H15FN2. The van der Waals surface area contributed by atoms with Crippen molar-refractivity contribution in [2.45, 2.75) is 13.0 Å². The molecule has 0 aliphatic carbocycles. The van der Waals surface area contributed by atoms with Crippen molar-refractivity contribution in [3.05, 3.63) is 66.1 Å². The molecule has 0 saturated heterocycles. The number of aromatic nitrogens is 1. The van der Waals surface area contributed by atoms with Crippen molar-refractivity contribution in [1.29, 1.82) is 0 Å². The van der Waals surface area contributed by atoms with Crippen LogP contribution in [-0.4, -0.2) is 4.98 Å². The second-order valence-electron chi connectivity index (χ2n) is 4.67. The molecule has 0 aliphatic heterocycles. The van der Waals surface area contributed by atoms with E-state index >= 15 is 0 Å². The van der Waals surface area contributed by atoms with E-state index < -0.39 is 0 Å². The predicted octanol–water partition coefficient (Wildman–Crippen LogP) is 4.48. The van der Waals surface area contributed by atoms with Crippen LogP contribution in [0, 0.1) is 5.82 Å². The number of H-pyrrole nitrogens is 1. The van der Waals surface area contributed by atoms with Crippen molar-refractivity contribution in [3.63, 3.8) is 0 Å². The summed E-state index contributed by atoms with van der Waals surface area (Å²) in [5.74, 6) is -0.176. The molecule has 1 atom stereocenters. The molecule has 0 spiro atoms. The van der Waals surface area contributed by atoms with Crippen LogP contribution < -0.4 is 5.32 Å². The molecule has 0 radical (unpaired) electrons. The summed E-state index contributed by atoms with van der Waals surface area (Å²) in [5, 5.41) is 4.47. The van der Waals surface area contributed by atoms with Gasteiger partial charge in [0.15, 0.2) is 0 Å². The van der Waals surface area contributed by atoms with Gasteiger partial charge in [0.1, 0.15) is 5.82 Å². The smallest absolute Gasteiger partial charge is 0.128 e. The number of anilines is 1. The molecule has 1 aromatic heterocycles. The third-order valence-corrected chi connectivity index (χ3v) is 3.31. The van der Waals surface area contributed by atoms with Crippen LogP contribution in [0.5, 0.6) is 0 Å². The van der Waals surface area contributed by atoms with Gasteiger partial charge in [-0.15, -0.1) is 0 Å². The van der Waals surface area contributed by atoms with Crippen molar-refractivity contribution < 1.29 is 4.39 Å². The zero-order valence-electron chi connectivity index (χ0n) is 10.7. The van der Waals surface area contributed by atoms with E-state index in [1.807, 2.05) is 43.5 Å². The van der Waals surface area contributed by atoms with Gasteiger partial charge in [-0.1, -0.05) is 18.2 Å². The molecule has 1 heterocycles. The van der Waals surface area contributed by atoms with Gasteiger partial charge < -0.3 is 10.3 Å². The lowest BCUT2D eigenvalue weighted by atomic mass is 10.1. The van der Waals surface area contributed by atoms with Crippen molar-refractivity contribution in [2.24, 2.45) is 0 Å². The van der Waals surface area contributed by atoms with E-state index in [2.05, 4.69) is 16.4 Å². The Balaban J connectivity index is 1.86. The van der Waals surface area contributed by atoms with Gasteiger partial charge in [-0.2, -0.15) is 0 Å². The molecule has 0 fully saturated rings. The third-order valence-electron chi connectivity index (χ3n) is 3.31. The molecular weight excluding hydrogens is 239 g/mol. The molecule has 2 aromatic carbocycles. The maximum atomic E-state index is 13.7. The van der Waals surface area contributed by atoms with Gasteiger partial charge in [0, 0.05) is 28.4 Å². The third kappa shape index (κ3) is 2.32. The second kappa shape index (κ2) is 4.76. The first-order valence-electron chi connectivity index (χ1n) is 6.32. The number of aromatic amines is 1. The standard InChI is InChI=1S/C16H15FN2/c1-11(14-4-2-3-5-15(14)17)19-13-6-7-16-12(10-13)8-9-18-16/h2-11,18-19H,1H3. The second-order valence-corrected chi connectivity index (χ2v) is 4.67. The van der Waals surface area contributed by atoms with Gasteiger partial charge in [0.25, 0.3) is 0 Å². The number of rotatable bonds is 3. The lowest BCUT2D eigenvalue weighted by Crippen LogP contribution is -2.08. The minimum Gasteiger partial charge on any atom is -0.378 e. The average molecular weight is 254 g/mol. The van der Waals surface area contributed by atoms with Gasteiger partial charge in [0.05, 0.1) is 6.04 Å². The molecule has 1 unspecified atom stereocenters. The van der Waals surface area contributed by atoms with Gasteiger partial charge >= 0.3 is 0 Å². The highest BCUT2D eigenvalue weighted by molar-refractivity contribution is 5.83. The number of fused-ring (bicyclic) bond motifs is 1. The van der Waals surface area contributed by atoms with Gasteiger partial charge in [-0.3, -0.25) is 0 Å². The number of benzene rings is 2. The molecule has 2 N–H and O–H groups in total. The first kappa shape index (κ1) is 11.8. The average Bonchev–Trinajstić information content (AvgIpc) is 2.86. The Morgan fingerprint density at radius 2 is 1.95 bits per heavy atom. The molecule has 2 nitrogen and oxygen atoms in total. The number of hydrogen-bond acceptors (Lipinski definition) is 1. The quantitative estimate of drug-likeness (QED) is 0.708. The number of nitrogens with one attached hydrogen (secondary N) is 2. The summed E-state index contributed by atoms with van der Waals surface area (Å²) in [6, 6.07) is 14.9. The highest BCUT2D eigenvalue weighted by Gasteiger charge is 2.10. The molecule has 19 heavy (non-hydrogen) atoms. The minimum absolute atomic E-state index is 0.0717. The first-order chi connectivity index (χ1) is 9.24. The SMILES string of the molecule is CC(Nc1ccc2[nH]ccc2c1)c1ccccc1F. The topological polar surface area (TPSA) is 27.8 Å². The summed E-state index contributed by atoms with van der Waals surface area (Å²) in [5.41, 5.74) is 2.77.